The third-order valence-electron chi connectivity index (χ3n) is 5.20. The van der Waals surface area contributed by atoms with E-state index in [0.29, 0.717) is 6.42 Å². The molecule has 1 fully saturated rings. The summed E-state index contributed by atoms with van der Waals surface area (Å²) in [5.74, 6) is 0.199. The van der Waals surface area contributed by atoms with E-state index in [2.05, 4.69) is 31.6 Å². The second kappa shape index (κ2) is 8.31. The fourth-order valence-electron chi connectivity index (χ4n) is 3.67. The monoisotopic (exact) mass is 363 g/mol. The van der Waals surface area contributed by atoms with Crippen LogP contribution in [0.5, 0.6) is 0 Å². The van der Waals surface area contributed by atoms with Crippen LogP contribution >= 0.6 is 0 Å². The smallest absolute Gasteiger partial charge is 0.227 e. The zero-order valence-corrected chi connectivity index (χ0v) is 15.5. The Morgan fingerprint density at radius 2 is 1.93 bits per heavy atom. The number of pyridine rings is 1. The van der Waals surface area contributed by atoms with Crippen molar-refractivity contribution in [3.05, 3.63) is 60.7 Å². The molecule has 1 aliphatic heterocycles. The first-order valence-corrected chi connectivity index (χ1v) is 9.58. The normalized spacial score (nSPS) is 15.8. The lowest BCUT2D eigenvalue weighted by molar-refractivity contribution is -0.130. The molecule has 4 rings (SSSR count). The maximum atomic E-state index is 12.6. The lowest BCUT2D eigenvalue weighted by Crippen LogP contribution is -2.36. The molecule has 0 atom stereocenters. The molecule has 27 heavy (non-hydrogen) atoms. The van der Waals surface area contributed by atoms with Crippen molar-refractivity contribution < 1.29 is 4.79 Å². The maximum absolute atomic E-state index is 12.6. The van der Waals surface area contributed by atoms with Crippen molar-refractivity contribution in [3.63, 3.8) is 0 Å². The number of benzene rings is 1. The summed E-state index contributed by atoms with van der Waals surface area (Å²) in [4.78, 5) is 25.6. The minimum Gasteiger partial charge on any atom is -0.341 e. The molecule has 1 amide bonds. The number of aromatic nitrogens is 3. The fourth-order valence-corrected chi connectivity index (χ4v) is 3.67. The summed E-state index contributed by atoms with van der Waals surface area (Å²) in [6.45, 7) is 5.48. The van der Waals surface area contributed by atoms with Crippen molar-refractivity contribution in [1.29, 1.82) is 0 Å². The largest absolute Gasteiger partial charge is 0.341 e. The Morgan fingerprint density at radius 3 is 2.81 bits per heavy atom. The zero-order chi connectivity index (χ0) is 18.5. The van der Waals surface area contributed by atoms with Gasteiger partial charge in [-0.1, -0.05) is 18.2 Å². The van der Waals surface area contributed by atoms with Crippen molar-refractivity contribution in [2.75, 3.05) is 32.7 Å². The number of para-hydroxylation sites is 2. The number of imidazole rings is 1. The minimum atomic E-state index is 0.199. The molecule has 1 aromatic carbocycles. The van der Waals surface area contributed by atoms with Gasteiger partial charge in [0.05, 0.1) is 23.8 Å². The number of carbonyl (C=O) groups is 1. The molecule has 0 saturated carbocycles. The van der Waals surface area contributed by atoms with Gasteiger partial charge in [-0.05, 0) is 36.7 Å². The van der Waals surface area contributed by atoms with Gasteiger partial charge in [-0.25, -0.2) is 4.98 Å². The number of hydrogen-bond acceptors (Lipinski definition) is 4. The van der Waals surface area contributed by atoms with Gasteiger partial charge in [0, 0.05) is 45.1 Å². The highest BCUT2D eigenvalue weighted by atomic mass is 16.2. The van der Waals surface area contributed by atoms with E-state index in [1.165, 1.54) is 5.52 Å². The van der Waals surface area contributed by atoms with E-state index >= 15 is 0 Å². The molecule has 1 saturated heterocycles. The molecule has 0 radical (unpaired) electrons. The Hall–Kier alpha value is -2.73. The van der Waals surface area contributed by atoms with Crippen molar-refractivity contribution in [2.45, 2.75) is 19.4 Å². The highest BCUT2D eigenvalue weighted by molar-refractivity contribution is 5.78. The second-order valence-corrected chi connectivity index (χ2v) is 7.04. The average molecular weight is 363 g/mol. The molecular weight excluding hydrogens is 338 g/mol. The SMILES string of the molecule is O=C(Cc1cccnc1)N1CCCN(CCn2cnc3ccccc32)CC1. The van der Waals surface area contributed by atoms with Crippen molar-refractivity contribution in [3.8, 4) is 0 Å². The van der Waals surface area contributed by atoms with Gasteiger partial charge >= 0.3 is 0 Å². The van der Waals surface area contributed by atoms with E-state index in [9.17, 15) is 4.79 Å². The molecule has 3 aromatic rings. The molecule has 3 heterocycles. The summed E-state index contributed by atoms with van der Waals surface area (Å²) in [5.41, 5.74) is 3.21. The lowest BCUT2D eigenvalue weighted by atomic mass is 10.2. The Morgan fingerprint density at radius 1 is 1.00 bits per heavy atom. The number of carbonyl (C=O) groups excluding carboxylic acids is 1. The molecule has 1 aliphatic rings. The highest BCUT2D eigenvalue weighted by Gasteiger charge is 2.19. The van der Waals surface area contributed by atoms with E-state index in [0.717, 1.165) is 56.8 Å². The first kappa shape index (κ1) is 17.7. The average Bonchev–Trinajstić information content (AvgIpc) is 2.96. The molecule has 6 heteroatoms. The number of nitrogens with zero attached hydrogens (tertiary/aromatic N) is 5. The van der Waals surface area contributed by atoms with Crippen LogP contribution < -0.4 is 0 Å². The van der Waals surface area contributed by atoms with E-state index in [-0.39, 0.29) is 5.91 Å². The summed E-state index contributed by atoms with van der Waals surface area (Å²) in [7, 11) is 0. The van der Waals surface area contributed by atoms with E-state index in [1.54, 1.807) is 12.4 Å². The Bertz CT molecular complexity index is 892. The fraction of sp³-hybridized carbons (Fsp3) is 0.381. The predicted molar refractivity (Wildman–Crippen MR) is 105 cm³/mol. The first-order chi connectivity index (χ1) is 13.3. The van der Waals surface area contributed by atoms with Gasteiger partial charge in [-0.15, -0.1) is 0 Å². The zero-order valence-electron chi connectivity index (χ0n) is 15.5. The van der Waals surface area contributed by atoms with Crippen LogP contribution in [-0.4, -0.2) is 63.0 Å². The van der Waals surface area contributed by atoms with Crippen LogP contribution in [-0.2, 0) is 17.8 Å². The van der Waals surface area contributed by atoms with Crippen LogP contribution in [0.25, 0.3) is 11.0 Å². The summed E-state index contributed by atoms with van der Waals surface area (Å²) >= 11 is 0. The summed E-state index contributed by atoms with van der Waals surface area (Å²) in [6.07, 6.45) is 6.89. The summed E-state index contributed by atoms with van der Waals surface area (Å²) in [5, 5.41) is 0. The second-order valence-electron chi connectivity index (χ2n) is 7.04. The minimum absolute atomic E-state index is 0.199. The number of rotatable bonds is 5. The standard InChI is InChI=1S/C21H25N5O/c27-21(15-18-5-3-8-22-16-18)25-10-4-9-24(11-13-25)12-14-26-17-23-19-6-1-2-7-20(19)26/h1-3,5-8,16-17H,4,9-15H2. The van der Waals surface area contributed by atoms with Crippen molar-refractivity contribution in [1.82, 2.24) is 24.3 Å². The third kappa shape index (κ3) is 4.34. The van der Waals surface area contributed by atoms with E-state index < -0.39 is 0 Å². The van der Waals surface area contributed by atoms with Crippen LogP contribution in [0.3, 0.4) is 0 Å². The summed E-state index contributed by atoms with van der Waals surface area (Å²) in [6, 6.07) is 12.1. The van der Waals surface area contributed by atoms with E-state index in [4.69, 9.17) is 0 Å². The third-order valence-corrected chi connectivity index (χ3v) is 5.20. The topological polar surface area (TPSA) is 54.3 Å². The van der Waals surface area contributed by atoms with Crippen LogP contribution in [0.2, 0.25) is 0 Å². The van der Waals surface area contributed by atoms with Crippen LogP contribution in [0, 0.1) is 0 Å². The van der Waals surface area contributed by atoms with Crippen LogP contribution in [0.1, 0.15) is 12.0 Å². The molecule has 6 nitrogen and oxygen atoms in total. The van der Waals surface area contributed by atoms with Crippen LogP contribution in [0.15, 0.2) is 55.1 Å². The van der Waals surface area contributed by atoms with Gasteiger partial charge in [0.1, 0.15) is 0 Å². The molecule has 0 aliphatic carbocycles. The molecule has 0 spiro atoms. The van der Waals surface area contributed by atoms with Gasteiger partial charge in [-0.3, -0.25) is 14.7 Å². The number of amides is 1. The maximum Gasteiger partial charge on any atom is 0.227 e. The molecule has 140 valence electrons. The van der Waals surface area contributed by atoms with Gasteiger partial charge < -0.3 is 9.47 Å². The molecule has 0 bridgehead atoms. The quantitative estimate of drug-likeness (QED) is 0.697. The van der Waals surface area contributed by atoms with Gasteiger partial charge in [0.2, 0.25) is 5.91 Å². The molecule has 2 aromatic heterocycles. The number of fused-ring (bicyclic) bond motifs is 1. The van der Waals surface area contributed by atoms with Crippen LogP contribution in [0.4, 0.5) is 0 Å². The highest BCUT2D eigenvalue weighted by Crippen LogP contribution is 2.12. The molecular formula is C21H25N5O. The Balaban J connectivity index is 1.30. The van der Waals surface area contributed by atoms with E-state index in [1.807, 2.05) is 35.5 Å². The van der Waals surface area contributed by atoms with Gasteiger partial charge in [-0.2, -0.15) is 0 Å². The molecule has 0 N–H and O–H groups in total. The van der Waals surface area contributed by atoms with Crippen molar-refractivity contribution >= 4 is 16.9 Å². The number of hydrogen-bond donors (Lipinski definition) is 0. The summed E-state index contributed by atoms with van der Waals surface area (Å²) < 4.78 is 2.21. The first-order valence-electron chi connectivity index (χ1n) is 9.58. The Kier molecular flexibility index (Phi) is 5.44. The van der Waals surface area contributed by atoms with Gasteiger partial charge in [0.15, 0.2) is 0 Å². The van der Waals surface area contributed by atoms with Gasteiger partial charge in [0.25, 0.3) is 0 Å². The molecule has 0 unspecified atom stereocenters. The van der Waals surface area contributed by atoms with Crippen molar-refractivity contribution in [2.24, 2.45) is 0 Å². The lowest BCUT2D eigenvalue weighted by Gasteiger charge is -2.22. The Labute approximate surface area is 159 Å². The predicted octanol–water partition coefficient (Wildman–Crippen LogP) is 2.21.